The number of ether oxygens (including phenoxy) is 1. The first-order valence-electron chi connectivity index (χ1n) is 8.66. The Morgan fingerprint density at radius 3 is 2.00 bits per heavy atom. The summed E-state index contributed by atoms with van der Waals surface area (Å²) in [6.45, 7) is 1.51. The van der Waals surface area contributed by atoms with E-state index >= 15 is 0 Å². The van der Waals surface area contributed by atoms with Gasteiger partial charge in [0.1, 0.15) is 5.75 Å². The molecule has 142 valence electrons. The number of carbonyl (C=O) groups excluding carboxylic acids is 2. The second kappa shape index (κ2) is 8.19. The normalized spacial score (nSPS) is 11.0. The highest BCUT2D eigenvalue weighted by molar-refractivity contribution is 7.91. The average Bonchev–Trinajstić information content (AvgIpc) is 2.74. The van der Waals surface area contributed by atoms with E-state index in [1.165, 1.54) is 31.2 Å². The van der Waals surface area contributed by atoms with Gasteiger partial charge in [-0.1, -0.05) is 49.4 Å². The summed E-state index contributed by atoms with van der Waals surface area (Å²) >= 11 is 0. The summed E-state index contributed by atoms with van der Waals surface area (Å²) in [5.74, 6) is -0.806. The van der Waals surface area contributed by atoms with Crippen LogP contribution in [0.5, 0.6) is 5.75 Å². The van der Waals surface area contributed by atoms with Crippen molar-refractivity contribution < 1.29 is 22.7 Å². The van der Waals surface area contributed by atoms with E-state index in [0.717, 1.165) is 0 Å². The summed E-state index contributed by atoms with van der Waals surface area (Å²) < 4.78 is 29.7. The number of rotatable bonds is 6. The molecule has 0 aliphatic heterocycles. The number of ketones is 1. The summed E-state index contributed by atoms with van der Waals surface area (Å²) in [5, 5.41) is 0. The monoisotopic (exact) mass is 394 g/mol. The highest BCUT2D eigenvalue weighted by Crippen LogP contribution is 2.21. The molecule has 0 unspecified atom stereocenters. The molecule has 0 amide bonds. The van der Waals surface area contributed by atoms with Crippen LogP contribution in [0.2, 0.25) is 0 Å². The van der Waals surface area contributed by atoms with Crippen LogP contribution in [-0.2, 0) is 9.84 Å². The van der Waals surface area contributed by atoms with Crippen molar-refractivity contribution in [1.82, 2.24) is 0 Å². The van der Waals surface area contributed by atoms with E-state index in [9.17, 15) is 18.0 Å². The van der Waals surface area contributed by atoms with Gasteiger partial charge in [0.05, 0.1) is 16.2 Å². The molecule has 28 heavy (non-hydrogen) atoms. The molecule has 3 aromatic rings. The highest BCUT2D eigenvalue weighted by Gasteiger charge is 2.22. The lowest BCUT2D eigenvalue weighted by atomic mass is 10.0. The van der Waals surface area contributed by atoms with Crippen molar-refractivity contribution in [3.8, 4) is 5.75 Å². The first-order valence-corrected chi connectivity index (χ1v) is 10.3. The van der Waals surface area contributed by atoms with Gasteiger partial charge in [-0.25, -0.2) is 13.2 Å². The van der Waals surface area contributed by atoms with Crippen LogP contribution in [-0.4, -0.2) is 25.9 Å². The topological polar surface area (TPSA) is 77.5 Å². The lowest BCUT2D eigenvalue weighted by Crippen LogP contribution is -2.15. The first kappa shape index (κ1) is 19.5. The Bertz CT molecular complexity index is 1100. The number of hydrogen-bond acceptors (Lipinski definition) is 5. The van der Waals surface area contributed by atoms with Crippen molar-refractivity contribution in [2.45, 2.75) is 11.8 Å². The fourth-order valence-corrected chi connectivity index (χ4v) is 3.74. The van der Waals surface area contributed by atoms with Crippen LogP contribution < -0.4 is 4.74 Å². The van der Waals surface area contributed by atoms with Crippen LogP contribution in [0.4, 0.5) is 0 Å². The van der Waals surface area contributed by atoms with Crippen molar-refractivity contribution in [1.29, 1.82) is 0 Å². The number of hydrogen-bond donors (Lipinski definition) is 0. The minimum atomic E-state index is -3.56. The van der Waals surface area contributed by atoms with E-state index in [2.05, 4.69) is 0 Å². The maximum atomic E-state index is 12.5. The third-order valence-electron chi connectivity index (χ3n) is 4.19. The van der Waals surface area contributed by atoms with E-state index in [1.807, 2.05) is 6.07 Å². The molecule has 0 spiro atoms. The van der Waals surface area contributed by atoms with E-state index in [0.29, 0.717) is 11.1 Å². The van der Waals surface area contributed by atoms with Gasteiger partial charge in [0.15, 0.2) is 15.6 Å². The summed E-state index contributed by atoms with van der Waals surface area (Å²) in [4.78, 5) is 24.8. The molecular formula is C22H18O5S. The molecule has 0 fully saturated rings. The second-order valence-corrected chi connectivity index (χ2v) is 8.26. The molecule has 0 bridgehead atoms. The lowest BCUT2D eigenvalue weighted by molar-refractivity contribution is 0.0730. The maximum Gasteiger partial charge on any atom is 0.344 e. The van der Waals surface area contributed by atoms with E-state index in [1.54, 1.807) is 48.5 Å². The Morgan fingerprint density at radius 1 is 0.786 bits per heavy atom. The van der Waals surface area contributed by atoms with E-state index in [4.69, 9.17) is 4.74 Å². The van der Waals surface area contributed by atoms with Gasteiger partial charge in [-0.05, 0) is 36.4 Å². The Labute approximate surface area is 163 Å². The maximum absolute atomic E-state index is 12.5. The second-order valence-electron chi connectivity index (χ2n) is 6.01. The van der Waals surface area contributed by atoms with Crippen LogP contribution >= 0.6 is 0 Å². The molecule has 6 heteroatoms. The predicted molar refractivity (Wildman–Crippen MR) is 105 cm³/mol. The van der Waals surface area contributed by atoms with Gasteiger partial charge >= 0.3 is 5.97 Å². The van der Waals surface area contributed by atoms with Gasteiger partial charge in [-0.15, -0.1) is 0 Å². The van der Waals surface area contributed by atoms with E-state index < -0.39 is 15.8 Å². The number of benzene rings is 3. The van der Waals surface area contributed by atoms with Gasteiger partial charge in [0.2, 0.25) is 0 Å². The Kier molecular flexibility index (Phi) is 5.70. The quantitative estimate of drug-likeness (QED) is 0.360. The minimum absolute atomic E-state index is 0.0196. The fraction of sp³-hybridized carbons (Fsp3) is 0.0909. The van der Waals surface area contributed by atoms with Crippen LogP contribution in [0.25, 0.3) is 0 Å². The van der Waals surface area contributed by atoms with Crippen molar-refractivity contribution in [2.75, 3.05) is 5.75 Å². The van der Waals surface area contributed by atoms with Crippen molar-refractivity contribution in [3.05, 3.63) is 95.6 Å². The third-order valence-corrected chi connectivity index (χ3v) is 5.97. The fourth-order valence-electron chi connectivity index (χ4n) is 2.65. The van der Waals surface area contributed by atoms with E-state index in [-0.39, 0.29) is 27.7 Å². The van der Waals surface area contributed by atoms with Gasteiger partial charge < -0.3 is 4.74 Å². The minimum Gasteiger partial charge on any atom is -0.423 e. The molecule has 0 aliphatic rings. The van der Waals surface area contributed by atoms with Gasteiger partial charge in [-0.2, -0.15) is 0 Å². The Morgan fingerprint density at radius 2 is 1.36 bits per heavy atom. The number of sulfone groups is 1. The standard InChI is InChI=1S/C22H18O5S/c1-2-28(25,26)20-11-7-6-10-19(20)22(24)27-18-14-12-17(13-15-18)21(23)16-8-4-3-5-9-16/h3-15H,2H2,1H3. The van der Waals surface area contributed by atoms with Crippen molar-refractivity contribution in [2.24, 2.45) is 0 Å². The third kappa shape index (κ3) is 4.18. The van der Waals surface area contributed by atoms with Crippen LogP contribution in [0.1, 0.15) is 33.2 Å². The molecule has 0 radical (unpaired) electrons. The number of esters is 1. The highest BCUT2D eigenvalue weighted by atomic mass is 32.2. The van der Waals surface area contributed by atoms with Crippen LogP contribution in [0, 0.1) is 0 Å². The molecule has 0 saturated carbocycles. The van der Waals surface area contributed by atoms with Crippen molar-refractivity contribution in [3.63, 3.8) is 0 Å². The van der Waals surface area contributed by atoms with Gasteiger partial charge in [-0.3, -0.25) is 4.79 Å². The van der Waals surface area contributed by atoms with Crippen molar-refractivity contribution >= 4 is 21.6 Å². The zero-order valence-electron chi connectivity index (χ0n) is 15.2. The number of carbonyl (C=O) groups is 2. The summed E-state index contributed by atoms with van der Waals surface area (Å²) in [7, 11) is -3.56. The molecule has 3 rings (SSSR count). The zero-order chi connectivity index (χ0) is 20.1. The molecule has 0 atom stereocenters. The van der Waals surface area contributed by atoms with Gasteiger partial charge in [0.25, 0.3) is 0 Å². The molecule has 0 heterocycles. The predicted octanol–water partition coefficient (Wildman–Crippen LogP) is 3.93. The Balaban J connectivity index is 1.80. The Hall–Kier alpha value is -3.25. The largest absolute Gasteiger partial charge is 0.423 e. The molecule has 3 aromatic carbocycles. The molecular weight excluding hydrogens is 376 g/mol. The summed E-state index contributed by atoms with van der Waals surface area (Å²) in [6, 6.07) is 20.9. The molecule has 0 aromatic heterocycles. The molecule has 0 saturated heterocycles. The summed E-state index contributed by atoms with van der Waals surface area (Å²) in [5.41, 5.74) is 1.000. The zero-order valence-corrected chi connectivity index (χ0v) is 16.0. The smallest absolute Gasteiger partial charge is 0.344 e. The van der Waals surface area contributed by atoms with Crippen LogP contribution in [0.3, 0.4) is 0 Å². The SMILES string of the molecule is CCS(=O)(=O)c1ccccc1C(=O)Oc1ccc(C(=O)c2ccccc2)cc1. The van der Waals surface area contributed by atoms with Crippen LogP contribution in [0.15, 0.2) is 83.8 Å². The average molecular weight is 394 g/mol. The molecule has 5 nitrogen and oxygen atoms in total. The molecule has 0 N–H and O–H groups in total. The summed E-state index contributed by atoms with van der Waals surface area (Å²) in [6.07, 6.45) is 0. The lowest BCUT2D eigenvalue weighted by Gasteiger charge is -2.09. The first-order chi connectivity index (χ1) is 13.4. The van der Waals surface area contributed by atoms with Gasteiger partial charge in [0, 0.05) is 11.1 Å². The molecule has 0 aliphatic carbocycles.